The van der Waals surface area contributed by atoms with E-state index in [1.165, 1.54) is 6.34 Å². The summed E-state index contributed by atoms with van der Waals surface area (Å²) in [6, 6.07) is 10.1. The van der Waals surface area contributed by atoms with Crippen molar-refractivity contribution in [2.75, 3.05) is 0 Å². The topological polar surface area (TPSA) is 51.3 Å². The lowest BCUT2D eigenvalue weighted by Crippen LogP contribution is -1.90. The molecule has 2 rings (SSSR count). The number of benzene rings is 1. The maximum atomic E-state index is 5.18. The predicted octanol–water partition coefficient (Wildman–Crippen LogP) is 1.72. The summed E-state index contributed by atoms with van der Waals surface area (Å²) in [5, 5.41) is 1.14. The first kappa shape index (κ1) is 8.69. The molecule has 0 aliphatic heterocycles. The standard InChI is InChI=1S/C11H11N3/c12-8-13-7-9-3-4-11-10(6-9)2-1-5-14-11/h1-6,8H,7H2,(H2,12,13). The van der Waals surface area contributed by atoms with Crippen LogP contribution in [-0.2, 0) is 6.54 Å². The molecule has 3 heteroatoms. The third-order valence-corrected chi connectivity index (χ3v) is 2.05. The van der Waals surface area contributed by atoms with E-state index in [2.05, 4.69) is 16.0 Å². The zero-order chi connectivity index (χ0) is 9.80. The molecule has 2 N–H and O–H groups in total. The van der Waals surface area contributed by atoms with Crippen molar-refractivity contribution in [3.63, 3.8) is 0 Å². The van der Waals surface area contributed by atoms with Gasteiger partial charge in [0.05, 0.1) is 18.4 Å². The van der Waals surface area contributed by atoms with Gasteiger partial charge in [-0.1, -0.05) is 12.1 Å². The minimum absolute atomic E-state index is 0.626. The molecule has 1 aromatic heterocycles. The highest BCUT2D eigenvalue weighted by molar-refractivity contribution is 5.78. The minimum atomic E-state index is 0.626. The summed E-state index contributed by atoms with van der Waals surface area (Å²) in [4.78, 5) is 8.22. The zero-order valence-corrected chi connectivity index (χ0v) is 7.72. The summed E-state index contributed by atoms with van der Waals surface area (Å²) in [6.45, 7) is 0.626. The van der Waals surface area contributed by atoms with E-state index in [4.69, 9.17) is 5.73 Å². The Labute approximate surface area is 82.3 Å². The first-order valence-corrected chi connectivity index (χ1v) is 4.44. The summed E-state index contributed by atoms with van der Waals surface area (Å²) in [6.07, 6.45) is 3.12. The Balaban J connectivity index is 2.41. The molecule has 2 aromatic rings. The van der Waals surface area contributed by atoms with Crippen molar-refractivity contribution < 1.29 is 0 Å². The quantitative estimate of drug-likeness (QED) is 0.572. The number of aromatic nitrogens is 1. The highest BCUT2D eigenvalue weighted by Gasteiger charge is 1.95. The lowest BCUT2D eigenvalue weighted by atomic mass is 10.1. The smallest absolute Gasteiger partial charge is 0.0801 e. The van der Waals surface area contributed by atoms with Gasteiger partial charge in [0, 0.05) is 11.6 Å². The second-order valence-corrected chi connectivity index (χ2v) is 3.02. The van der Waals surface area contributed by atoms with Gasteiger partial charge in [-0.2, -0.15) is 0 Å². The first-order chi connectivity index (χ1) is 6.90. The van der Waals surface area contributed by atoms with E-state index in [1.807, 2.05) is 24.3 Å². The van der Waals surface area contributed by atoms with Gasteiger partial charge < -0.3 is 5.73 Å². The molecular weight excluding hydrogens is 174 g/mol. The molecule has 14 heavy (non-hydrogen) atoms. The maximum Gasteiger partial charge on any atom is 0.0801 e. The summed E-state index contributed by atoms with van der Waals surface area (Å²) >= 11 is 0. The number of rotatable bonds is 2. The van der Waals surface area contributed by atoms with Crippen LogP contribution in [0.25, 0.3) is 10.9 Å². The van der Waals surface area contributed by atoms with Gasteiger partial charge in [-0.3, -0.25) is 9.98 Å². The molecule has 0 amide bonds. The maximum absolute atomic E-state index is 5.18. The number of hydrogen-bond donors (Lipinski definition) is 1. The van der Waals surface area contributed by atoms with Crippen LogP contribution in [-0.4, -0.2) is 11.3 Å². The van der Waals surface area contributed by atoms with Crippen LogP contribution in [0.5, 0.6) is 0 Å². The Morgan fingerprint density at radius 2 is 2.29 bits per heavy atom. The Hall–Kier alpha value is -1.90. The lowest BCUT2D eigenvalue weighted by Gasteiger charge is -1.99. The van der Waals surface area contributed by atoms with Crippen LogP contribution in [0, 0.1) is 0 Å². The van der Waals surface area contributed by atoms with Crippen molar-refractivity contribution in [3.05, 3.63) is 42.1 Å². The van der Waals surface area contributed by atoms with Crippen LogP contribution < -0.4 is 5.73 Å². The van der Waals surface area contributed by atoms with Gasteiger partial charge in [0.2, 0.25) is 0 Å². The molecule has 0 unspecified atom stereocenters. The van der Waals surface area contributed by atoms with Crippen LogP contribution in [0.4, 0.5) is 0 Å². The van der Waals surface area contributed by atoms with E-state index in [9.17, 15) is 0 Å². The summed E-state index contributed by atoms with van der Waals surface area (Å²) in [5.74, 6) is 0. The van der Waals surface area contributed by atoms with Gasteiger partial charge in [0.15, 0.2) is 0 Å². The SMILES string of the molecule is NC=NCc1ccc2ncccc2c1. The van der Waals surface area contributed by atoms with E-state index < -0.39 is 0 Å². The summed E-state index contributed by atoms with van der Waals surface area (Å²) in [7, 11) is 0. The minimum Gasteiger partial charge on any atom is -0.390 e. The molecule has 0 radical (unpaired) electrons. The molecule has 3 nitrogen and oxygen atoms in total. The number of pyridine rings is 1. The third-order valence-electron chi connectivity index (χ3n) is 2.05. The van der Waals surface area contributed by atoms with E-state index in [0.29, 0.717) is 6.54 Å². The van der Waals surface area contributed by atoms with Crippen LogP contribution in [0.15, 0.2) is 41.5 Å². The number of nitrogens with two attached hydrogens (primary N) is 1. The van der Waals surface area contributed by atoms with Gasteiger partial charge >= 0.3 is 0 Å². The molecule has 1 heterocycles. The van der Waals surface area contributed by atoms with Crippen molar-refractivity contribution in [1.82, 2.24) is 4.98 Å². The van der Waals surface area contributed by atoms with Gasteiger partial charge in [-0.15, -0.1) is 0 Å². The molecule has 0 atom stereocenters. The molecule has 0 saturated heterocycles. The zero-order valence-electron chi connectivity index (χ0n) is 7.72. The van der Waals surface area contributed by atoms with E-state index >= 15 is 0 Å². The third kappa shape index (κ3) is 1.71. The van der Waals surface area contributed by atoms with Crippen molar-refractivity contribution in [2.24, 2.45) is 10.7 Å². The van der Waals surface area contributed by atoms with Crippen LogP contribution in [0.2, 0.25) is 0 Å². The Morgan fingerprint density at radius 3 is 3.14 bits per heavy atom. The molecule has 0 spiro atoms. The van der Waals surface area contributed by atoms with Gasteiger partial charge in [0.25, 0.3) is 0 Å². The first-order valence-electron chi connectivity index (χ1n) is 4.44. The second kappa shape index (κ2) is 3.87. The number of fused-ring (bicyclic) bond motifs is 1. The molecule has 0 fully saturated rings. The highest BCUT2D eigenvalue weighted by Crippen LogP contribution is 2.13. The van der Waals surface area contributed by atoms with Gasteiger partial charge in [-0.05, 0) is 23.8 Å². The molecule has 0 saturated carbocycles. The predicted molar refractivity (Wildman–Crippen MR) is 58.1 cm³/mol. The van der Waals surface area contributed by atoms with Crippen molar-refractivity contribution >= 4 is 17.2 Å². The van der Waals surface area contributed by atoms with E-state index in [-0.39, 0.29) is 0 Å². The molecule has 0 aliphatic carbocycles. The van der Waals surface area contributed by atoms with E-state index in [0.717, 1.165) is 16.5 Å². The van der Waals surface area contributed by atoms with Crippen molar-refractivity contribution in [3.8, 4) is 0 Å². The molecule has 0 bridgehead atoms. The average molecular weight is 185 g/mol. The lowest BCUT2D eigenvalue weighted by molar-refractivity contribution is 1.08. The number of nitrogens with zero attached hydrogens (tertiary/aromatic N) is 2. The number of aliphatic imine (C=N–C) groups is 1. The van der Waals surface area contributed by atoms with Gasteiger partial charge in [0.1, 0.15) is 0 Å². The highest BCUT2D eigenvalue weighted by atomic mass is 14.8. The van der Waals surface area contributed by atoms with Crippen molar-refractivity contribution in [1.29, 1.82) is 0 Å². The molecule has 1 aromatic carbocycles. The summed E-state index contributed by atoms with van der Waals surface area (Å²) < 4.78 is 0. The van der Waals surface area contributed by atoms with Crippen LogP contribution >= 0.6 is 0 Å². The summed E-state index contributed by atoms with van der Waals surface area (Å²) in [5.41, 5.74) is 7.34. The van der Waals surface area contributed by atoms with Crippen molar-refractivity contribution in [2.45, 2.75) is 6.54 Å². The second-order valence-electron chi connectivity index (χ2n) is 3.02. The monoisotopic (exact) mass is 185 g/mol. The molecule has 70 valence electrons. The van der Waals surface area contributed by atoms with Crippen LogP contribution in [0.1, 0.15) is 5.56 Å². The average Bonchev–Trinajstić information content (AvgIpc) is 2.26. The van der Waals surface area contributed by atoms with Crippen LogP contribution in [0.3, 0.4) is 0 Å². The normalized spacial score (nSPS) is 11.1. The fourth-order valence-corrected chi connectivity index (χ4v) is 1.38. The Morgan fingerprint density at radius 1 is 1.36 bits per heavy atom. The molecule has 0 aliphatic rings. The number of hydrogen-bond acceptors (Lipinski definition) is 2. The fourth-order valence-electron chi connectivity index (χ4n) is 1.38. The Kier molecular flexibility index (Phi) is 2.40. The van der Waals surface area contributed by atoms with Gasteiger partial charge in [-0.25, -0.2) is 0 Å². The molecular formula is C11H11N3. The largest absolute Gasteiger partial charge is 0.390 e. The Bertz CT molecular complexity index is 463. The fraction of sp³-hybridized carbons (Fsp3) is 0.0909. The van der Waals surface area contributed by atoms with E-state index in [1.54, 1.807) is 6.20 Å².